The van der Waals surface area contributed by atoms with Crippen LogP contribution in [-0.2, 0) is 22.6 Å². The second kappa shape index (κ2) is 11.1. The Labute approximate surface area is 159 Å². The van der Waals surface area contributed by atoms with E-state index < -0.39 is 11.9 Å². The van der Waals surface area contributed by atoms with E-state index in [4.69, 9.17) is 14.9 Å². The summed E-state index contributed by atoms with van der Waals surface area (Å²) < 4.78 is 5.88. The number of carboxylic acids is 2. The van der Waals surface area contributed by atoms with E-state index in [2.05, 4.69) is 0 Å². The number of rotatable bonds is 12. The quantitative estimate of drug-likeness (QED) is 0.541. The average molecular weight is 370 g/mol. The Morgan fingerprint density at radius 3 is 2.22 bits per heavy atom. The van der Waals surface area contributed by atoms with Crippen LogP contribution in [0, 0.1) is 5.92 Å². The number of hydrogen-bond acceptors (Lipinski definition) is 3. The van der Waals surface area contributed by atoms with Crippen LogP contribution >= 0.6 is 0 Å². The van der Waals surface area contributed by atoms with Crippen LogP contribution in [0.2, 0.25) is 0 Å². The smallest absolute Gasteiger partial charge is 0.335 e. The van der Waals surface area contributed by atoms with Gasteiger partial charge in [-0.25, -0.2) is 4.79 Å². The van der Waals surface area contributed by atoms with Crippen molar-refractivity contribution >= 4 is 11.9 Å². The first kappa shape index (κ1) is 20.6. The standard InChI is InChI=1S/C22H26O5/c23-21(24)9-5-4-8-19(16-27-15-18-6-2-1-3-7-18)14-17-10-12-20(13-11-17)22(25)26/h1-3,6-7,10-13,19H,4-5,8-9,14-16H2,(H,23,24)(H,25,26). The fraction of sp³-hybridized carbons (Fsp3) is 0.364. The van der Waals surface area contributed by atoms with Gasteiger partial charge in [0.2, 0.25) is 0 Å². The summed E-state index contributed by atoms with van der Waals surface area (Å²) in [5, 5.41) is 17.8. The summed E-state index contributed by atoms with van der Waals surface area (Å²) in [5.41, 5.74) is 2.46. The van der Waals surface area contributed by atoms with Crippen LogP contribution in [0.15, 0.2) is 54.6 Å². The number of unbranched alkanes of at least 4 members (excludes halogenated alkanes) is 1. The highest BCUT2D eigenvalue weighted by molar-refractivity contribution is 5.87. The Balaban J connectivity index is 1.89. The van der Waals surface area contributed by atoms with Crippen molar-refractivity contribution in [3.8, 4) is 0 Å². The highest BCUT2D eigenvalue weighted by atomic mass is 16.5. The van der Waals surface area contributed by atoms with Crippen LogP contribution in [0.1, 0.15) is 47.2 Å². The predicted molar refractivity (Wildman–Crippen MR) is 103 cm³/mol. The zero-order valence-electron chi connectivity index (χ0n) is 15.3. The molecule has 0 radical (unpaired) electrons. The Bertz CT molecular complexity index is 709. The molecule has 0 spiro atoms. The van der Waals surface area contributed by atoms with Gasteiger partial charge in [0.1, 0.15) is 0 Å². The topological polar surface area (TPSA) is 83.8 Å². The van der Waals surface area contributed by atoms with Crippen LogP contribution in [0.4, 0.5) is 0 Å². The average Bonchev–Trinajstić information content (AvgIpc) is 2.66. The molecule has 2 rings (SSSR count). The van der Waals surface area contributed by atoms with Gasteiger partial charge in [0, 0.05) is 6.42 Å². The van der Waals surface area contributed by atoms with Gasteiger partial charge in [-0.05, 0) is 48.4 Å². The monoisotopic (exact) mass is 370 g/mol. The van der Waals surface area contributed by atoms with E-state index in [1.54, 1.807) is 12.1 Å². The Morgan fingerprint density at radius 1 is 0.889 bits per heavy atom. The predicted octanol–water partition coefficient (Wildman–Crippen LogP) is 4.41. The highest BCUT2D eigenvalue weighted by Crippen LogP contribution is 2.18. The Morgan fingerprint density at radius 2 is 1.59 bits per heavy atom. The lowest BCUT2D eigenvalue weighted by molar-refractivity contribution is -0.137. The molecule has 5 nitrogen and oxygen atoms in total. The lowest BCUT2D eigenvalue weighted by atomic mass is 9.94. The SMILES string of the molecule is O=C(O)CCCCC(COCc1ccccc1)Cc1ccc(C(=O)O)cc1. The van der Waals surface area contributed by atoms with E-state index in [9.17, 15) is 9.59 Å². The van der Waals surface area contributed by atoms with Crippen molar-refractivity contribution in [2.45, 2.75) is 38.7 Å². The Hall–Kier alpha value is -2.66. The van der Waals surface area contributed by atoms with E-state index in [-0.39, 0.29) is 17.9 Å². The number of aromatic carboxylic acids is 1. The number of aliphatic carboxylic acids is 1. The van der Waals surface area contributed by atoms with E-state index in [0.29, 0.717) is 19.6 Å². The molecular formula is C22H26O5. The molecule has 0 aliphatic heterocycles. The maximum absolute atomic E-state index is 11.0. The fourth-order valence-corrected chi connectivity index (χ4v) is 2.99. The lowest BCUT2D eigenvalue weighted by Gasteiger charge is -2.17. The number of carboxylic acid groups (broad SMARTS) is 2. The van der Waals surface area contributed by atoms with Crippen molar-refractivity contribution in [2.24, 2.45) is 5.92 Å². The normalized spacial score (nSPS) is 11.9. The van der Waals surface area contributed by atoms with E-state index in [0.717, 1.165) is 30.4 Å². The molecule has 0 aliphatic carbocycles. The molecule has 0 heterocycles. The molecule has 27 heavy (non-hydrogen) atoms. The molecule has 0 amide bonds. The van der Waals surface area contributed by atoms with Gasteiger partial charge in [0.15, 0.2) is 0 Å². The van der Waals surface area contributed by atoms with Crippen molar-refractivity contribution in [1.82, 2.24) is 0 Å². The molecule has 0 aliphatic rings. The molecule has 2 aromatic carbocycles. The largest absolute Gasteiger partial charge is 0.481 e. The van der Waals surface area contributed by atoms with Crippen molar-refractivity contribution in [1.29, 1.82) is 0 Å². The molecule has 2 N–H and O–H groups in total. The Kier molecular flexibility index (Phi) is 8.52. The third-order valence-corrected chi connectivity index (χ3v) is 4.44. The minimum atomic E-state index is -0.932. The van der Waals surface area contributed by atoms with Gasteiger partial charge in [-0.3, -0.25) is 4.79 Å². The molecule has 0 bridgehead atoms. The maximum Gasteiger partial charge on any atom is 0.335 e. The van der Waals surface area contributed by atoms with E-state index in [1.165, 1.54) is 0 Å². The summed E-state index contributed by atoms with van der Waals surface area (Å²) in [4.78, 5) is 21.7. The first-order chi connectivity index (χ1) is 13.0. The summed E-state index contributed by atoms with van der Waals surface area (Å²) in [6, 6.07) is 16.9. The molecule has 0 fully saturated rings. The third-order valence-electron chi connectivity index (χ3n) is 4.44. The van der Waals surface area contributed by atoms with Crippen LogP contribution in [0.5, 0.6) is 0 Å². The van der Waals surface area contributed by atoms with Crippen molar-refractivity contribution < 1.29 is 24.5 Å². The minimum absolute atomic E-state index is 0.185. The van der Waals surface area contributed by atoms with Gasteiger partial charge in [-0.1, -0.05) is 48.9 Å². The summed E-state index contributed by atoms with van der Waals surface area (Å²) in [6.07, 6.45) is 3.33. The fourth-order valence-electron chi connectivity index (χ4n) is 2.99. The zero-order chi connectivity index (χ0) is 19.5. The van der Waals surface area contributed by atoms with Crippen molar-refractivity contribution in [2.75, 3.05) is 6.61 Å². The minimum Gasteiger partial charge on any atom is -0.481 e. The summed E-state index contributed by atoms with van der Waals surface area (Å²) >= 11 is 0. The van der Waals surface area contributed by atoms with Crippen molar-refractivity contribution in [3.63, 3.8) is 0 Å². The van der Waals surface area contributed by atoms with E-state index in [1.807, 2.05) is 42.5 Å². The van der Waals surface area contributed by atoms with Crippen LogP contribution in [0.3, 0.4) is 0 Å². The molecule has 0 saturated carbocycles. The number of benzene rings is 2. The van der Waals surface area contributed by atoms with Gasteiger partial charge in [0.25, 0.3) is 0 Å². The summed E-state index contributed by atoms with van der Waals surface area (Å²) in [5.74, 6) is -1.44. The lowest BCUT2D eigenvalue weighted by Crippen LogP contribution is -2.13. The number of hydrogen-bond donors (Lipinski definition) is 2. The number of ether oxygens (including phenoxy) is 1. The van der Waals surface area contributed by atoms with Gasteiger partial charge in [-0.2, -0.15) is 0 Å². The molecule has 2 aromatic rings. The molecule has 1 unspecified atom stereocenters. The second-order valence-electron chi connectivity index (χ2n) is 6.71. The molecule has 0 aromatic heterocycles. The van der Waals surface area contributed by atoms with Crippen LogP contribution < -0.4 is 0 Å². The third kappa shape index (κ3) is 8.05. The maximum atomic E-state index is 11.0. The van der Waals surface area contributed by atoms with Crippen LogP contribution in [-0.4, -0.2) is 28.8 Å². The molecule has 0 saturated heterocycles. The van der Waals surface area contributed by atoms with Crippen molar-refractivity contribution in [3.05, 3.63) is 71.3 Å². The van der Waals surface area contributed by atoms with Gasteiger partial charge in [-0.15, -0.1) is 0 Å². The highest BCUT2D eigenvalue weighted by Gasteiger charge is 2.12. The van der Waals surface area contributed by atoms with Crippen LogP contribution in [0.25, 0.3) is 0 Å². The molecule has 5 heteroatoms. The molecule has 1 atom stereocenters. The first-order valence-corrected chi connectivity index (χ1v) is 9.20. The van der Waals surface area contributed by atoms with Gasteiger partial charge >= 0.3 is 11.9 Å². The summed E-state index contributed by atoms with van der Waals surface area (Å²) in [7, 11) is 0. The first-order valence-electron chi connectivity index (χ1n) is 9.20. The zero-order valence-corrected chi connectivity index (χ0v) is 15.3. The van der Waals surface area contributed by atoms with Gasteiger partial charge in [0.05, 0.1) is 18.8 Å². The van der Waals surface area contributed by atoms with E-state index >= 15 is 0 Å². The van der Waals surface area contributed by atoms with Gasteiger partial charge < -0.3 is 14.9 Å². The summed E-state index contributed by atoms with van der Waals surface area (Å²) in [6.45, 7) is 1.13. The molecular weight excluding hydrogens is 344 g/mol. The molecule has 144 valence electrons. The second-order valence-corrected chi connectivity index (χ2v) is 6.71. The number of carbonyl (C=O) groups is 2.